The maximum Gasteiger partial charge on any atom is 0.0159 e. The molecule has 0 spiro atoms. The van der Waals surface area contributed by atoms with Crippen LogP contribution in [0.2, 0.25) is 0 Å². The molecular formula is C60H42. The van der Waals surface area contributed by atoms with E-state index in [2.05, 4.69) is 210 Å². The number of rotatable bonds is 3. The Morgan fingerprint density at radius 3 is 1.33 bits per heavy atom. The third-order valence-electron chi connectivity index (χ3n) is 14.6. The SMILES string of the molecule is CC1(C)c2ccccc2-c2ccc(-c3ccc4c(c3)C(C)(C)c3cc(-c5ccc6cc(-c7ccc8c9ccccc9c9cccc%10ccc7c8c%109)ccc6c5)ccc3-4)cc21. The van der Waals surface area contributed by atoms with Gasteiger partial charge in [0.1, 0.15) is 0 Å². The second kappa shape index (κ2) is 11.8. The van der Waals surface area contributed by atoms with Crippen molar-refractivity contribution < 1.29 is 0 Å². The quantitative estimate of drug-likeness (QED) is 0.124. The van der Waals surface area contributed by atoms with Gasteiger partial charge in [0.05, 0.1) is 0 Å². The minimum absolute atomic E-state index is 0.0172. The highest BCUT2D eigenvalue weighted by Crippen LogP contribution is 2.53. The first-order valence-corrected chi connectivity index (χ1v) is 21.4. The molecule has 0 amide bonds. The molecule has 0 unspecified atom stereocenters. The van der Waals surface area contributed by atoms with Crippen molar-refractivity contribution in [3.63, 3.8) is 0 Å². The maximum absolute atomic E-state index is 2.46. The second-order valence-corrected chi connectivity index (χ2v) is 18.5. The Bertz CT molecular complexity index is 3650. The van der Waals surface area contributed by atoms with Gasteiger partial charge in [0.2, 0.25) is 0 Å². The molecule has 0 nitrogen and oxygen atoms in total. The van der Waals surface area contributed by atoms with Crippen molar-refractivity contribution in [1.82, 2.24) is 0 Å². The van der Waals surface area contributed by atoms with Crippen LogP contribution < -0.4 is 0 Å². The van der Waals surface area contributed by atoms with Crippen molar-refractivity contribution in [3.8, 4) is 55.6 Å². The van der Waals surface area contributed by atoms with E-state index in [4.69, 9.17) is 0 Å². The normalized spacial score (nSPS) is 14.6. The fourth-order valence-corrected chi connectivity index (χ4v) is 11.4. The van der Waals surface area contributed by atoms with Crippen molar-refractivity contribution in [1.29, 1.82) is 0 Å². The highest BCUT2D eigenvalue weighted by atomic mass is 14.4. The molecule has 0 heteroatoms. The van der Waals surface area contributed by atoms with E-state index in [9.17, 15) is 0 Å². The summed E-state index contributed by atoms with van der Waals surface area (Å²) in [7, 11) is 0. The topological polar surface area (TPSA) is 0 Å². The Morgan fingerprint density at radius 2 is 0.683 bits per heavy atom. The summed E-state index contributed by atoms with van der Waals surface area (Å²) < 4.78 is 0. The molecule has 11 aromatic carbocycles. The van der Waals surface area contributed by atoms with Gasteiger partial charge in [-0.2, -0.15) is 0 Å². The first kappa shape index (κ1) is 33.9. The van der Waals surface area contributed by atoms with E-state index in [0.717, 1.165) is 0 Å². The second-order valence-electron chi connectivity index (χ2n) is 18.5. The Balaban J connectivity index is 0.849. The first-order chi connectivity index (χ1) is 29.2. The van der Waals surface area contributed by atoms with Crippen LogP contribution in [-0.4, -0.2) is 0 Å². The lowest BCUT2D eigenvalue weighted by Crippen LogP contribution is -2.15. The van der Waals surface area contributed by atoms with Crippen LogP contribution in [0, 0.1) is 0 Å². The van der Waals surface area contributed by atoms with Crippen LogP contribution in [0.4, 0.5) is 0 Å². The zero-order valence-corrected chi connectivity index (χ0v) is 34.3. The molecule has 0 fully saturated rings. The fourth-order valence-electron chi connectivity index (χ4n) is 11.4. The average Bonchev–Trinajstić information content (AvgIpc) is 3.66. The van der Waals surface area contributed by atoms with Gasteiger partial charge in [-0.3, -0.25) is 0 Å². The van der Waals surface area contributed by atoms with Crippen molar-refractivity contribution in [2.45, 2.75) is 38.5 Å². The van der Waals surface area contributed by atoms with Gasteiger partial charge in [0.15, 0.2) is 0 Å². The van der Waals surface area contributed by atoms with Gasteiger partial charge in [-0.1, -0.05) is 179 Å². The van der Waals surface area contributed by atoms with Gasteiger partial charge < -0.3 is 0 Å². The van der Waals surface area contributed by atoms with Crippen molar-refractivity contribution in [2.75, 3.05) is 0 Å². The standard InChI is InChI=1S/C60H42/c1-59(2)53-15-8-7-13-46(53)47-24-22-40(33-54(47)59)41-23-26-49-48-25-21-39(32-55(48)60(3,4)56(49)34-41)37-16-17-38-31-42(19-18-36(38)30-37)43-28-29-52-45-12-6-5-11-44(45)50-14-9-10-35-20-27-51(43)58(52)57(35)50/h5-34H,1-4H3. The summed E-state index contributed by atoms with van der Waals surface area (Å²) in [6.07, 6.45) is 0. The summed E-state index contributed by atoms with van der Waals surface area (Å²) in [5, 5.41) is 13.2. The smallest absolute Gasteiger partial charge is 0.0159 e. The van der Waals surface area contributed by atoms with Crippen LogP contribution in [-0.2, 0) is 10.8 Å². The number of hydrogen-bond donors (Lipinski definition) is 0. The lowest BCUT2D eigenvalue weighted by atomic mass is 9.80. The highest BCUT2D eigenvalue weighted by Gasteiger charge is 2.37. The summed E-state index contributed by atoms with van der Waals surface area (Å²) in [5.41, 5.74) is 18.6. The molecule has 0 atom stereocenters. The third kappa shape index (κ3) is 4.51. The maximum atomic E-state index is 2.46. The molecule has 11 aromatic rings. The molecule has 2 aliphatic rings. The summed E-state index contributed by atoms with van der Waals surface area (Å²) >= 11 is 0. The Morgan fingerprint density at radius 1 is 0.250 bits per heavy atom. The predicted molar refractivity (Wildman–Crippen MR) is 257 cm³/mol. The zero-order chi connectivity index (χ0) is 40.1. The summed E-state index contributed by atoms with van der Waals surface area (Å²) in [6.45, 7) is 9.53. The highest BCUT2D eigenvalue weighted by molar-refractivity contribution is 6.35. The minimum Gasteiger partial charge on any atom is -0.0619 e. The zero-order valence-electron chi connectivity index (χ0n) is 34.3. The van der Waals surface area contributed by atoms with Crippen LogP contribution in [0.25, 0.3) is 109 Å². The van der Waals surface area contributed by atoms with Gasteiger partial charge in [0.25, 0.3) is 0 Å². The molecule has 0 saturated carbocycles. The van der Waals surface area contributed by atoms with E-state index in [1.54, 1.807) is 0 Å². The van der Waals surface area contributed by atoms with Crippen molar-refractivity contribution in [3.05, 3.63) is 204 Å². The van der Waals surface area contributed by atoms with E-state index in [1.807, 2.05) is 0 Å². The first-order valence-electron chi connectivity index (χ1n) is 21.4. The summed E-state index contributed by atoms with van der Waals surface area (Å²) in [6, 6.07) is 69.2. The molecule has 0 radical (unpaired) electrons. The van der Waals surface area contributed by atoms with Crippen LogP contribution in [0.3, 0.4) is 0 Å². The Hall–Kier alpha value is -7.02. The molecule has 0 heterocycles. The predicted octanol–water partition coefficient (Wildman–Crippen LogP) is 16.5. The molecule has 0 aromatic heterocycles. The fraction of sp³-hybridized carbons (Fsp3) is 0.100. The molecule has 60 heavy (non-hydrogen) atoms. The number of benzene rings is 11. The molecule has 282 valence electrons. The van der Waals surface area contributed by atoms with Crippen LogP contribution in [0.5, 0.6) is 0 Å². The summed E-state index contributed by atoms with van der Waals surface area (Å²) in [4.78, 5) is 0. The van der Waals surface area contributed by atoms with Crippen LogP contribution >= 0.6 is 0 Å². The number of hydrogen-bond acceptors (Lipinski definition) is 0. The van der Waals surface area contributed by atoms with E-state index in [-0.39, 0.29) is 10.8 Å². The largest absolute Gasteiger partial charge is 0.0619 e. The third-order valence-corrected chi connectivity index (χ3v) is 14.6. The molecule has 0 aliphatic heterocycles. The molecule has 0 N–H and O–H groups in total. The van der Waals surface area contributed by atoms with Crippen molar-refractivity contribution in [2.24, 2.45) is 0 Å². The minimum atomic E-state index is -0.123. The van der Waals surface area contributed by atoms with Gasteiger partial charge in [-0.25, -0.2) is 0 Å². The molecule has 0 bridgehead atoms. The van der Waals surface area contributed by atoms with E-state index >= 15 is 0 Å². The summed E-state index contributed by atoms with van der Waals surface area (Å²) in [5.74, 6) is 0. The van der Waals surface area contributed by atoms with E-state index in [1.165, 1.54) is 132 Å². The van der Waals surface area contributed by atoms with Crippen LogP contribution in [0.1, 0.15) is 49.9 Å². The molecule has 0 saturated heterocycles. The van der Waals surface area contributed by atoms with Gasteiger partial charge in [-0.15, -0.1) is 0 Å². The van der Waals surface area contributed by atoms with E-state index in [0.29, 0.717) is 0 Å². The Labute approximate surface area is 350 Å². The Kier molecular flexibility index (Phi) is 6.67. The lowest BCUT2D eigenvalue weighted by Gasteiger charge is -2.23. The number of fused-ring (bicyclic) bond motifs is 10. The average molecular weight is 763 g/mol. The van der Waals surface area contributed by atoms with Gasteiger partial charge in [-0.05, 0) is 162 Å². The van der Waals surface area contributed by atoms with Gasteiger partial charge >= 0.3 is 0 Å². The van der Waals surface area contributed by atoms with Crippen molar-refractivity contribution >= 4 is 53.9 Å². The van der Waals surface area contributed by atoms with Gasteiger partial charge in [0, 0.05) is 10.8 Å². The molecular weight excluding hydrogens is 721 g/mol. The lowest BCUT2D eigenvalue weighted by molar-refractivity contribution is 0.659. The van der Waals surface area contributed by atoms with E-state index < -0.39 is 0 Å². The van der Waals surface area contributed by atoms with Crippen LogP contribution in [0.15, 0.2) is 182 Å². The molecule has 13 rings (SSSR count). The monoisotopic (exact) mass is 762 g/mol. The molecule has 2 aliphatic carbocycles.